The fraction of sp³-hybridized carbons (Fsp3) is 0.200. The van der Waals surface area contributed by atoms with Crippen LogP contribution in [0.25, 0.3) is 11.5 Å². The Bertz CT molecular complexity index is 953. The van der Waals surface area contributed by atoms with E-state index in [0.29, 0.717) is 5.56 Å². The molecule has 0 fully saturated rings. The first-order chi connectivity index (χ1) is 11.4. The van der Waals surface area contributed by atoms with Gasteiger partial charge < -0.3 is 4.52 Å². The van der Waals surface area contributed by atoms with Gasteiger partial charge in [-0.3, -0.25) is 0 Å². The van der Waals surface area contributed by atoms with Crippen molar-refractivity contribution < 1.29 is 21.7 Å². The van der Waals surface area contributed by atoms with Gasteiger partial charge >= 0.3 is 0 Å². The lowest BCUT2D eigenvalue weighted by Gasteiger charge is -2.12. The van der Waals surface area contributed by atoms with Crippen LogP contribution in [0.3, 0.4) is 0 Å². The molecule has 0 aliphatic carbocycles. The van der Waals surface area contributed by atoms with Gasteiger partial charge in [-0.25, -0.2) is 17.2 Å². The van der Waals surface area contributed by atoms with Crippen LogP contribution in [0.4, 0.5) is 8.78 Å². The molecule has 1 atom stereocenters. The van der Waals surface area contributed by atoms with Crippen molar-refractivity contribution >= 4 is 21.2 Å². The number of hydrogen-bond acceptors (Lipinski definition) is 6. The normalized spacial score (nSPS) is 13.1. The lowest BCUT2D eigenvalue weighted by Crippen LogP contribution is -2.14. The summed E-state index contributed by atoms with van der Waals surface area (Å²) in [5.41, 5.74) is 0.875. The Morgan fingerprint density at radius 1 is 1.25 bits per heavy atom. The first-order valence-corrected chi connectivity index (χ1v) is 9.54. The van der Waals surface area contributed by atoms with Crippen LogP contribution in [-0.4, -0.2) is 18.6 Å². The van der Waals surface area contributed by atoms with Crippen LogP contribution in [-0.2, 0) is 15.6 Å². The highest BCUT2D eigenvalue weighted by Gasteiger charge is 2.26. The van der Waals surface area contributed by atoms with Crippen LogP contribution < -0.4 is 0 Å². The van der Waals surface area contributed by atoms with E-state index in [1.807, 2.05) is 5.38 Å². The van der Waals surface area contributed by atoms with Gasteiger partial charge in [0.25, 0.3) is 5.89 Å². The van der Waals surface area contributed by atoms with Gasteiger partial charge in [-0.2, -0.15) is 16.3 Å². The van der Waals surface area contributed by atoms with Gasteiger partial charge in [0.05, 0.1) is 10.8 Å². The highest BCUT2D eigenvalue weighted by Crippen LogP contribution is 2.27. The number of sulfone groups is 1. The summed E-state index contributed by atoms with van der Waals surface area (Å²) in [7, 11) is -3.72. The predicted molar refractivity (Wildman–Crippen MR) is 85.0 cm³/mol. The topological polar surface area (TPSA) is 73.1 Å². The average Bonchev–Trinajstić information content (AvgIpc) is 3.20. The van der Waals surface area contributed by atoms with Crippen molar-refractivity contribution in [2.75, 3.05) is 0 Å². The van der Waals surface area contributed by atoms with Gasteiger partial charge in [-0.15, -0.1) is 0 Å². The molecule has 0 saturated carbocycles. The summed E-state index contributed by atoms with van der Waals surface area (Å²) >= 11 is 1.45. The third kappa shape index (κ3) is 3.36. The largest absolute Gasteiger partial charge is 0.334 e. The molecule has 3 rings (SSSR count). The van der Waals surface area contributed by atoms with Gasteiger partial charge in [0.1, 0.15) is 5.75 Å². The first-order valence-electron chi connectivity index (χ1n) is 6.88. The Hall–Kier alpha value is -2.13. The summed E-state index contributed by atoms with van der Waals surface area (Å²) in [6.45, 7) is 1.40. The molecule has 0 saturated heterocycles. The van der Waals surface area contributed by atoms with Crippen molar-refractivity contribution in [1.82, 2.24) is 10.1 Å². The van der Waals surface area contributed by atoms with Crippen LogP contribution in [0.15, 0.2) is 39.5 Å². The quantitative estimate of drug-likeness (QED) is 0.684. The van der Waals surface area contributed by atoms with E-state index in [0.717, 1.165) is 12.1 Å². The minimum atomic E-state index is -3.72. The Balaban J connectivity index is 1.81. The summed E-state index contributed by atoms with van der Waals surface area (Å²) in [5, 5.41) is 6.27. The minimum absolute atomic E-state index is 0.0191. The standard InChI is InChI=1S/C15H12F2N2O3S2/c1-9(10-2-3-12(16)13(17)6-10)24(20,21)8-14-18-15(22-19-14)11-4-5-23-7-11/h2-7,9H,8H2,1H3. The second kappa shape index (κ2) is 6.40. The van der Waals surface area contributed by atoms with Crippen LogP contribution in [0, 0.1) is 11.6 Å². The van der Waals surface area contributed by atoms with Crippen molar-refractivity contribution in [3.8, 4) is 11.5 Å². The number of nitrogens with zero attached hydrogens (tertiary/aromatic N) is 2. The SMILES string of the molecule is CC(c1ccc(F)c(F)c1)S(=O)(=O)Cc1noc(-c2ccsc2)n1. The van der Waals surface area contributed by atoms with Gasteiger partial charge in [0, 0.05) is 5.38 Å². The molecule has 0 N–H and O–H groups in total. The zero-order valence-electron chi connectivity index (χ0n) is 12.4. The van der Waals surface area contributed by atoms with Gasteiger partial charge in [-0.1, -0.05) is 11.2 Å². The van der Waals surface area contributed by atoms with Gasteiger partial charge in [0.2, 0.25) is 0 Å². The molecule has 5 nitrogen and oxygen atoms in total. The number of rotatable bonds is 5. The molecule has 126 valence electrons. The van der Waals surface area contributed by atoms with Crippen molar-refractivity contribution in [3.63, 3.8) is 0 Å². The molecular weight excluding hydrogens is 358 g/mol. The monoisotopic (exact) mass is 370 g/mol. The fourth-order valence-corrected chi connectivity index (χ4v) is 4.01. The number of aromatic nitrogens is 2. The predicted octanol–water partition coefficient (Wildman–Crippen LogP) is 3.75. The van der Waals surface area contributed by atoms with Crippen molar-refractivity contribution in [3.05, 3.63) is 58.0 Å². The molecule has 0 amide bonds. The zero-order valence-corrected chi connectivity index (χ0v) is 14.1. The van der Waals surface area contributed by atoms with Gasteiger partial charge in [0.15, 0.2) is 27.3 Å². The number of benzene rings is 1. The smallest absolute Gasteiger partial charge is 0.258 e. The maximum atomic E-state index is 13.3. The lowest BCUT2D eigenvalue weighted by molar-refractivity contribution is 0.424. The number of halogens is 2. The van der Waals surface area contributed by atoms with E-state index >= 15 is 0 Å². The van der Waals surface area contributed by atoms with E-state index in [4.69, 9.17) is 4.52 Å². The highest BCUT2D eigenvalue weighted by atomic mass is 32.2. The van der Waals surface area contributed by atoms with E-state index in [9.17, 15) is 17.2 Å². The maximum Gasteiger partial charge on any atom is 0.258 e. The second-order valence-corrected chi connectivity index (χ2v) is 8.25. The summed E-state index contributed by atoms with van der Waals surface area (Å²) in [4.78, 5) is 4.06. The molecule has 0 bridgehead atoms. The zero-order chi connectivity index (χ0) is 17.3. The number of thiophene rings is 1. The molecule has 24 heavy (non-hydrogen) atoms. The Morgan fingerprint density at radius 2 is 2.04 bits per heavy atom. The molecule has 3 aromatic rings. The van der Waals surface area contributed by atoms with Crippen molar-refractivity contribution in [2.24, 2.45) is 0 Å². The average molecular weight is 370 g/mol. The summed E-state index contributed by atoms with van der Waals surface area (Å²) in [5.74, 6) is -2.32. The van der Waals surface area contributed by atoms with E-state index in [-0.39, 0.29) is 17.3 Å². The third-order valence-corrected chi connectivity index (χ3v) is 6.21. The second-order valence-electron chi connectivity index (χ2n) is 5.15. The van der Waals surface area contributed by atoms with Crippen LogP contribution in [0.5, 0.6) is 0 Å². The van der Waals surface area contributed by atoms with E-state index in [2.05, 4.69) is 10.1 Å². The fourth-order valence-electron chi connectivity index (χ4n) is 2.09. The molecule has 0 aliphatic rings. The Morgan fingerprint density at radius 3 is 2.71 bits per heavy atom. The Kier molecular flexibility index (Phi) is 4.46. The van der Waals surface area contributed by atoms with E-state index in [1.165, 1.54) is 24.3 Å². The molecule has 1 aromatic carbocycles. The van der Waals surface area contributed by atoms with Gasteiger partial charge in [-0.05, 0) is 36.1 Å². The van der Waals surface area contributed by atoms with Crippen LogP contribution >= 0.6 is 11.3 Å². The summed E-state index contributed by atoms with van der Waals surface area (Å²) in [6, 6.07) is 4.80. The molecule has 2 aromatic heterocycles. The highest BCUT2D eigenvalue weighted by molar-refractivity contribution is 7.90. The lowest BCUT2D eigenvalue weighted by atomic mass is 10.1. The maximum absolute atomic E-state index is 13.3. The summed E-state index contributed by atoms with van der Waals surface area (Å²) in [6.07, 6.45) is 0. The number of hydrogen-bond donors (Lipinski definition) is 0. The molecule has 0 aliphatic heterocycles. The van der Waals surface area contributed by atoms with E-state index in [1.54, 1.807) is 11.4 Å². The molecule has 9 heteroatoms. The molecule has 1 unspecified atom stereocenters. The molecular formula is C15H12F2N2O3S2. The Labute approximate surface area is 140 Å². The molecule has 2 heterocycles. The first kappa shape index (κ1) is 16.7. The molecule has 0 spiro atoms. The van der Waals surface area contributed by atoms with Crippen LogP contribution in [0.2, 0.25) is 0 Å². The van der Waals surface area contributed by atoms with Crippen molar-refractivity contribution in [2.45, 2.75) is 17.9 Å². The summed E-state index contributed by atoms with van der Waals surface area (Å²) < 4.78 is 56.3. The van der Waals surface area contributed by atoms with E-state index < -0.39 is 32.5 Å². The third-order valence-electron chi connectivity index (χ3n) is 3.52. The van der Waals surface area contributed by atoms with Crippen LogP contribution in [0.1, 0.15) is 23.6 Å². The minimum Gasteiger partial charge on any atom is -0.334 e. The van der Waals surface area contributed by atoms with Crippen molar-refractivity contribution in [1.29, 1.82) is 0 Å². The molecule has 0 radical (unpaired) electrons.